The van der Waals surface area contributed by atoms with Gasteiger partial charge in [-0.05, 0) is 54.5 Å². The molecule has 0 aliphatic heterocycles. The SMILES string of the molecule is CS(=O)(=O)NCCc1ccc(C(=O)N[C@@H]2CCCc3ccccc32)cc1. The van der Waals surface area contributed by atoms with E-state index in [2.05, 4.69) is 22.2 Å². The Morgan fingerprint density at radius 3 is 2.58 bits per heavy atom. The van der Waals surface area contributed by atoms with E-state index >= 15 is 0 Å². The molecular formula is C20H24N2O3S. The summed E-state index contributed by atoms with van der Waals surface area (Å²) in [4.78, 5) is 12.6. The fourth-order valence-electron chi connectivity index (χ4n) is 3.35. The van der Waals surface area contributed by atoms with E-state index in [1.165, 1.54) is 11.1 Å². The van der Waals surface area contributed by atoms with Gasteiger partial charge < -0.3 is 5.32 Å². The third-order valence-corrected chi connectivity index (χ3v) is 5.40. The Labute approximate surface area is 154 Å². The van der Waals surface area contributed by atoms with Crippen LogP contribution in [0, 0.1) is 0 Å². The highest BCUT2D eigenvalue weighted by atomic mass is 32.2. The fraction of sp³-hybridized carbons (Fsp3) is 0.350. The predicted molar refractivity (Wildman–Crippen MR) is 103 cm³/mol. The quantitative estimate of drug-likeness (QED) is 0.818. The minimum atomic E-state index is -3.17. The molecule has 2 N–H and O–H groups in total. The van der Waals surface area contributed by atoms with Gasteiger partial charge in [0.05, 0.1) is 12.3 Å². The summed E-state index contributed by atoms with van der Waals surface area (Å²) < 4.78 is 24.6. The van der Waals surface area contributed by atoms with E-state index in [0.717, 1.165) is 31.1 Å². The Balaban J connectivity index is 1.61. The van der Waals surface area contributed by atoms with Crippen LogP contribution in [0.2, 0.25) is 0 Å². The summed E-state index contributed by atoms with van der Waals surface area (Å²) in [5.41, 5.74) is 4.14. The lowest BCUT2D eigenvalue weighted by molar-refractivity contribution is 0.0932. The summed E-state index contributed by atoms with van der Waals surface area (Å²) in [6.07, 6.45) is 4.83. The van der Waals surface area contributed by atoms with Crippen molar-refractivity contribution in [3.05, 3.63) is 70.8 Å². The second-order valence-electron chi connectivity index (χ2n) is 6.73. The van der Waals surface area contributed by atoms with Crippen LogP contribution in [0.15, 0.2) is 48.5 Å². The molecule has 1 aliphatic carbocycles. The van der Waals surface area contributed by atoms with Gasteiger partial charge in [-0.2, -0.15) is 0 Å². The maximum atomic E-state index is 12.6. The van der Waals surface area contributed by atoms with Crippen molar-refractivity contribution in [3.63, 3.8) is 0 Å². The monoisotopic (exact) mass is 372 g/mol. The van der Waals surface area contributed by atoms with Crippen LogP contribution in [0.3, 0.4) is 0 Å². The lowest BCUT2D eigenvalue weighted by atomic mass is 9.87. The van der Waals surface area contributed by atoms with Gasteiger partial charge in [-0.3, -0.25) is 4.79 Å². The smallest absolute Gasteiger partial charge is 0.251 e. The van der Waals surface area contributed by atoms with E-state index in [1.807, 2.05) is 24.3 Å². The summed E-state index contributed by atoms with van der Waals surface area (Å²) in [5.74, 6) is -0.0764. The number of nitrogens with one attached hydrogen (secondary N) is 2. The lowest BCUT2D eigenvalue weighted by Gasteiger charge is -2.26. The van der Waals surface area contributed by atoms with E-state index in [4.69, 9.17) is 0 Å². The first kappa shape index (κ1) is 18.6. The molecule has 0 spiro atoms. The molecule has 1 aliphatic rings. The summed E-state index contributed by atoms with van der Waals surface area (Å²) in [6.45, 7) is 0.350. The number of hydrogen-bond acceptors (Lipinski definition) is 3. The number of hydrogen-bond donors (Lipinski definition) is 2. The van der Waals surface area contributed by atoms with Crippen molar-refractivity contribution in [2.75, 3.05) is 12.8 Å². The van der Waals surface area contributed by atoms with E-state index < -0.39 is 10.0 Å². The van der Waals surface area contributed by atoms with Crippen LogP contribution in [-0.4, -0.2) is 27.1 Å². The van der Waals surface area contributed by atoms with Gasteiger partial charge in [0.2, 0.25) is 10.0 Å². The van der Waals surface area contributed by atoms with E-state index in [0.29, 0.717) is 18.5 Å². The first-order valence-electron chi connectivity index (χ1n) is 8.84. The van der Waals surface area contributed by atoms with Gasteiger partial charge in [-0.1, -0.05) is 36.4 Å². The number of benzene rings is 2. The highest BCUT2D eigenvalue weighted by Gasteiger charge is 2.21. The van der Waals surface area contributed by atoms with Crippen LogP contribution >= 0.6 is 0 Å². The Morgan fingerprint density at radius 1 is 1.12 bits per heavy atom. The molecule has 6 heteroatoms. The maximum Gasteiger partial charge on any atom is 0.251 e. The van der Waals surface area contributed by atoms with Gasteiger partial charge in [0, 0.05) is 12.1 Å². The van der Waals surface area contributed by atoms with Gasteiger partial charge in [0.1, 0.15) is 0 Å². The van der Waals surface area contributed by atoms with Crippen molar-refractivity contribution in [2.24, 2.45) is 0 Å². The van der Waals surface area contributed by atoms with E-state index in [-0.39, 0.29) is 11.9 Å². The number of carbonyl (C=O) groups is 1. The zero-order chi connectivity index (χ0) is 18.6. The largest absolute Gasteiger partial charge is 0.345 e. The fourth-order valence-corrected chi connectivity index (χ4v) is 3.82. The molecule has 138 valence electrons. The molecule has 1 atom stereocenters. The van der Waals surface area contributed by atoms with Crippen LogP contribution in [0.5, 0.6) is 0 Å². The van der Waals surface area contributed by atoms with Crippen molar-refractivity contribution < 1.29 is 13.2 Å². The standard InChI is InChI=1S/C20H24N2O3S/c1-26(24,25)21-14-13-15-9-11-17(12-10-15)20(23)22-19-8-4-6-16-5-2-3-7-18(16)19/h2-3,5,7,9-12,19,21H,4,6,8,13-14H2,1H3,(H,22,23)/t19-/m1/s1. The molecule has 0 heterocycles. The summed E-state index contributed by atoms with van der Waals surface area (Å²) in [6, 6.07) is 15.7. The molecule has 0 bridgehead atoms. The van der Waals surface area contributed by atoms with E-state index in [9.17, 15) is 13.2 Å². The minimum absolute atomic E-state index is 0.0612. The van der Waals surface area contributed by atoms with Crippen molar-refractivity contribution in [3.8, 4) is 0 Å². The van der Waals surface area contributed by atoms with Crippen LogP contribution in [0.4, 0.5) is 0 Å². The average molecular weight is 372 g/mol. The first-order chi connectivity index (χ1) is 12.4. The molecule has 0 saturated carbocycles. The highest BCUT2D eigenvalue weighted by Crippen LogP contribution is 2.29. The molecule has 2 aromatic carbocycles. The van der Waals surface area contributed by atoms with Crippen molar-refractivity contribution in [1.82, 2.24) is 10.0 Å². The summed E-state index contributed by atoms with van der Waals surface area (Å²) in [7, 11) is -3.17. The number of rotatable bonds is 6. The molecule has 0 fully saturated rings. The average Bonchev–Trinajstić information content (AvgIpc) is 2.61. The molecule has 0 aromatic heterocycles. The Kier molecular flexibility index (Phi) is 5.74. The van der Waals surface area contributed by atoms with Crippen molar-refractivity contribution >= 4 is 15.9 Å². The van der Waals surface area contributed by atoms with Crippen LogP contribution in [-0.2, 0) is 22.9 Å². The molecule has 26 heavy (non-hydrogen) atoms. The van der Waals surface area contributed by atoms with Gasteiger partial charge >= 0.3 is 0 Å². The molecule has 1 amide bonds. The zero-order valence-electron chi connectivity index (χ0n) is 14.9. The van der Waals surface area contributed by atoms with Gasteiger partial charge in [0.15, 0.2) is 0 Å². The van der Waals surface area contributed by atoms with Crippen LogP contribution in [0.1, 0.15) is 45.9 Å². The molecule has 0 unspecified atom stereocenters. The summed E-state index contributed by atoms with van der Waals surface area (Å²) >= 11 is 0. The highest BCUT2D eigenvalue weighted by molar-refractivity contribution is 7.88. The Hall–Kier alpha value is -2.18. The summed E-state index contributed by atoms with van der Waals surface area (Å²) in [5, 5.41) is 3.14. The van der Waals surface area contributed by atoms with Gasteiger partial charge in [-0.25, -0.2) is 13.1 Å². The number of sulfonamides is 1. The molecule has 0 radical (unpaired) electrons. The molecular weight excluding hydrogens is 348 g/mol. The number of aryl methyl sites for hydroxylation is 1. The van der Waals surface area contributed by atoms with E-state index in [1.54, 1.807) is 12.1 Å². The first-order valence-corrected chi connectivity index (χ1v) is 10.7. The molecule has 5 nitrogen and oxygen atoms in total. The molecule has 0 saturated heterocycles. The second-order valence-corrected chi connectivity index (χ2v) is 8.56. The zero-order valence-corrected chi connectivity index (χ0v) is 15.7. The van der Waals surface area contributed by atoms with Crippen molar-refractivity contribution in [1.29, 1.82) is 0 Å². The normalized spacial score (nSPS) is 16.7. The van der Waals surface area contributed by atoms with Crippen LogP contribution in [0.25, 0.3) is 0 Å². The van der Waals surface area contributed by atoms with Crippen molar-refractivity contribution in [2.45, 2.75) is 31.7 Å². The third-order valence-electron chi connectivity index (χ3n) is 4.67. The van der Waals surface area contributed by atoms with Gasteiger partial charge in [0.25, 0.3) is 5.91 Å². The number of carbonyl (C=O) groups excluding carboxylic acids is 1. The lowest BCUT2D eigenvalue weighted by Crippen LogP contribution is -2.31. The second kappa shape index (κ2) is 8.01. The predicted octanol–water partition coefficient (Wildman–Crippen LogP) is 2.59. The maximum absolute atomic E-state index is 12.6. The Morgan fingerprint density at radius 2 is 1.85 bits per heavy atom. The molecule has 3 rings (SSSR count). The Bertz CT molecular complexity index is 876. The number of amides is 1. The topological polar surface area (TPSA) is 75.3 Å². The van der Waals surface area contributed by atoms with Gasteiger partial charge in [-0.15, -0.1) is 0 Å². The molecule has 2 aromatic rings. The minimum Gasteiger partial charge on any atom is -0.345 e. The van der Waals surface area contributed by atoms with Crippen LogP contribution < -0.4 is 10.0 Å². The number of fused-ring (bicyclic) bond motifs is 1. The third kappa shape index (κ3) is 4.93.